The summed E-state index contributed by atoms with van der Waals surface area (Å²) in [6.07, 6.45) is 1.52. The minimum atomic E-state index is -3.30. The Hall–Kier alpha value is -1.89. The first kappa shape index (κ1) is 15.2. The summed E-state index contributed by atoms with van der Waals surface area (Å²) >= 11 is 0. The topological polar surface area (TPSA) is 89.5 Å². The maximum atomic E-state index is 11.2. The van der Waals surface area contributed by atoms with Crippen molar-refractivity contribution in [1.29, 1.82) is 0 Å². The fourth-order valence-electron chi connectivity index (χ4n) is 1.43. The van der Waals surface area contributed by atoms with Crippen LogP contribution in [0.1, 0.15) is 12.0 Å². The maximum Gasteiger partial charge on any atom is 0.374 e. The van der Waals surface area contributed by atoms with E-state index in [1.165, 1.54) is 0 Å². The van der Waals surface area contributed by atoms with Gasteiger partial charge in [-0.1, -0.05) is 12.1 Å². The van der Waals surface area contributed by atoms with Crippen molar-refractivity contribution in [1.82, 2.24) is 0 Å². The lowest BCUT2D eigenvalue weighted by molar-refractivity contribution is -0.151. The van der Waals surface area contributed by atoms with Crippen molar-refractivity contribution in [3.05, 3.63) is 29.8 Å². The molecular formula is C12H15NO5S. The van der Waals surface area contributed by atoms with Crippen molar-refractivity contribution in [3.63, 3.8) is 0 Å². The summed E-state index contributed by atoms with van der Waals surface area (Å²) in [7, 11) is -2.14. The molecule has 0 aliphatic rings. The van der Waals surface area contributed by atoms with Gasteiger partial charge in [-0.25, -0.2) is 13.2 Å². The zero-order valence-corrected chi connectivity index (χ0v) is 11.5. The Morgan fingerprint density at radius 2 is 1.79 bits per heavy atom. The van der Waals surface area contributed by atoms with Crippen LogP contribution in [0.25, 0.3) is 0 Å². The fraction of sp³-hybridized carbons (Fsp3) is 0.333. The number of benzene rings is 1. The number of methoxy groups -OCH3 is 1. The normalized spacial score (nSPS) is 10.8. The highest BCUT2D eigenvalue weighted by Gasteiger charge is 2.13. The van der Waals surface area contributed by atoms with Crippen LogP contribution in [0, 0.1) is 0 Å². The molecule has 7 heteroatoms. The third-order valence-corrected chi connectivity index (χ3v) is 2.92. The molecule has 0 amide bonds. The largest absolute Gasteiger partial charge is 0.463 e. The number of aryl methyl sites for hydroxylation is 1. The molecule has 0 radical (unpaired) electrons. The predicted molar refractivity (Wildman–Crippen MR) is 70.3 cm³/mol. The van der Waals surface area contributed by atoms with Gasteiger partial charge in [-0.05, 0) is 24.1 Å². The third-order valence-electron chi connectivity index (χ3n) is 2.31. The van der Waals surface area contributed by atoms with Crippen LogP contribution in [0.3, 0.4) is 0 Å². The zero-order chi connectivity index (χ0) is 14.5. The predicted octanol–water partition coefficient (Wildman–Crippen LogP) is 0.733. The van der Waals surface area contributed by atoms with Crippen LogP contribution in [0.4, 0.5) is 5.69 Å². The molecule has 0 aliphatic carbocycles. The van der Waals surface area contributed by atoms with Gasteiger partial charge in [0.1, 0.15) is 0 Å². The zero-order valence-electron chi connectivity index (χ0n) is 10.7. The minimum Gasteiger partial charge on any atom is -0.463 e. The Kier molecular flexibility index (Phi) is 5.05. The first-order chi connectivity index (χ1) is 8.81. The molecule has 0 aromatic heterocycles. The number of esters is 1. The second-order valence-electron chi connectivity index (χ2n) is 3.99. The lowest BCUT2D eigenvalue weighted by Gasteiger charge is -2.05. The number of ether oxygens (including phenoxy) is 1. The van der Waals surface area contributed by atoms with Crippen molar-refractivity contribution in [2.45, 2.75) is 12.8 Å². The van der Waals surface area contributed by atoms with Crippen LogP contribution in [-0.2, 0) is 30.8 Å². The molecule has 1 aromatic rings. The van der Waals surface area contributed by atoms with Crippen molar-refractivity contribution in [2.75, 3.05) is 18.1 Å². The number of Topliss-reactive ketones (excluding diaryl/α,β-unsaturated/α-hetero) is 1. The van der Waals surface area contributed by atoms with Crippen LogP contribution in [0.2, 0.25) is 0 Å². The molecule has 0 saturated carbocycles. The molecule has 6 nitrogen and oxygen atoms in total. The smallest absolute Gasteiger partial charge is 0.374 e. The molecule has 0 spiro atoms. The summed E-state index contributed by atoms with van der Waals surface area (Å²) in [4.78, 5) is 22.1. The van der Waals surface area contributed by atoms with Gasteiger partial charge in [0, 0.05) is 12.1 Å². The molecule has 0 aliphatic heterocycles. The highest BCUT2D eigenvalue weighted by Crippen LogP contribution is 2.12. The maximum absolute atomic E-state index is 11.2. The lowest BCUT2D eigenvalue weighted by Crippen LogP contribution is -2.15. The van der Waals surface area contributed by atoms with E-state index in [1.54, 1.807) is 24.3 Å². The first-order valence-electron chi connectivity index (χ1n) is 5.49. The van der Waals surface area contributed by atoms with E-state index in [0.717, 1.165) is 18.9 Å². The first-order valence-corrected chi connectivity index (χ1v) is 7.39. The monoisotopic (exact) mass is 285 g/mol. The SMILES string of the molecule is COC(=O)C(=O)CCc1ccc(NS(C)(=O)=O)cc1. The van der Waals surface area contributed by atoms with Crippen LogP contribution in [0.5, 0.6) is 0 Å². The number of hydrogen-bond donors (Lipinski definition) is 1. The van der Waals surface area contributed by atoms with Gasteiger partial charge in [-0.3, -0.25) is 9.52 Å². The Morgan fingerprint density at radius 3 is 2.26 bits per heavy atom. The molecule has 19 heavy (non-hydrogen) atoms. The van der Waals surface area contributed by atoms with Crippen LogP contribution >= 0.6 is 0 Å². The fourth-order valence-corrected chi connectivity index (χ4v) is 1.99. The van der Waals surface area contributed by atoms with Crippen LogP contribution < -0.4 is 4.72 Å². The van der Waals surface area contributed by atoms with Crippen molar-refractivity contribution < 1.29 is 22.7 Å². The van der Waals surface area contributed by atoms with E-state index < -0.39 is 21.8 Å². The van der Waals surface area contributed by atoms with Gasteiger partial charge < -0.3 is 4.74 Å². The van der Waals surface area contributed by atoms with Gasteiger partial charge >= 0.3 is 5.97 Å². The van der Waals surface area contributed by atoms with E-state index in [2.05, 4.69) is 9.46 Å². The summed E-state index contributed by atoms with van der Waals surface area (Å²) in [5.74, 6) is -1.43. The Labute approximate surface area is 111 Å². The van der Waals surface area contributed by atoms with E-state index in [0.29, 0.717) is 12.1 Å². The number of sulfonamides is 1. The quantitative estimate of drug-likeness (QED) is 0.615. The van der Waals surface area contributed by atoms with Gasteiger partial charge in [0.05, 0.1) is 13.4 Å². The van der Waals surface area contributed by atoms with E-state index in [1.807, 2.05) is 0 Å². The number of carbonyl (C=O) groups excluding carboxylic acids is 2. The molecule has 0 fully saturated rings. The summed E-state index contributed by atoms with van der Waals surface area (Å²) in [5.41, 5.74) is 1.28. The number of rotatable bonds is 6. The molecule has 0 heterocycles. The minimum absolute atomic E-state index is 0.0610. The highest BCUT2D eigenvalue weighted by atomic mass is 32.2. The second-order valence-corrected chi connectivity index (χ2v) is 5.73. The summed E-state index contributed by atoms with van der Waals surface area (Å²) in [6.45, 7) is 0. The third kappa shape index (κ3) is 5.52. The van der Waals surface area contributed by atoms with Gasteiger partial charge in [0.15, 0.2) is 0 Å². The van der Waals surface area contributed by atoms with Gasteiger partial charge in [0.25, 0.3) is 0 Å². The average molecular weight is 285 g/mol. The second kappa shape index (κ2) is 6.33. The summed E-state index contributed by atoms with van der Waals surface area (Å²) < 4.78 is 28.6. The van der Waals surface area contributed by atoms with Crippen molar-refractivity contribution in [3.8, 4) is 0 Å². The number of hydrogen-bond acceptors (Lipinski definition) is 5. The molecule has 0 atom stereocenters. The van der Waals surface area contributed by atoms with E-state index >= 15 is 0 Å². The summed E-state index contributed by atoms with van der Waals surface area (Å²) in [6, 6.07) is 6.58. The van der Waals surface area contributed by atoms with Crippen molar-refractivity contribution >= 4 is 27.5 Å². The highest BCUT2D eigenvalue weighted by molar-refractivity contribution is 7.92. The van der Waals surface area contributed by atoms with E-state index in [-0.39, 0.29) is 6.42 Å². The van der Waals surface area contributed by atoms with Gasteiger partial charge in [-0.15, -0.1) is 0 Å². The Balaban J connectivity index is 2.58. The number of ketones is 1. The molecule has 0 unspecified atom stereocenters. The van der Waals surface area contributed by atoms with Crippen LogP contribution in [0.15, 0.2) is 24.3 Å². The van der Waals surface area contributed by atoms with Gasteiger partial charge in [0.2, 0.25) is 15.8 Å². The molecule has 1 rings (SSSR count). The molecule has 104 valence electrons. The molecule has 1 N–H and O–H groups in total. The molecule has 0 saturated heterocycles. The average Bonchev–Trinajstić information content (AvgIpc) is 2.34. The van der Waals surface area contributed by atoms with Crippen molar-refractivity contribution in [2.24, 2.45) is 0 Å². The van der Waals surface area contributed by atoms with E-state index in [9.17, 15) is 18.0 Å². The standard InChI is InChI=1S/C12H15NO5S/c1-18-12(15)11(14)8-5-9-3-6-10(7-4-9)13-19(2,16)17/h3-4,6-7,13H,5,8H2,1-2H3. The molecule has 0 bridgehead atoms. The number of carbonyl (C=O) groups is 2. The lowest BCUT2D eigenvalue weighted by atomic mass is 10.1. The number of nitrogens with one attached hydrogen (secondary N) is 1. The molecule has 1 aromatic carbocycles. The van der Waals surface area contributed by atoms with Gasteiger partial charge in [-0.2, -0.15) is 0 Å². The Bertz CT molecular complexity index is 562. The number of anilines is 1. The van der Waals surface area contributed by atoms with E-state index in [4.69, 9.17) is 0 Å². The van der Waals surface area contributed by atoms with Crippen LogP contribution in [-0.4, -0.2) is 33.5 Å². The molecular weight excluding hydrogens is 270 g/mol. The Morgan fingerprint density at radius 1 is 1.21 bits per heavy atom. The summed E-state index contributed by atoms with van der Waals surface area (Å²) in [5, 5.41) is 0.